The van der Waals surface area contributed by atoms with Crippen LogP contribution in [0, 0.1) is 17.8 Å². The highest BCUT2D eigenvalue weighted by Crippen LogP contribution is 2.50. The van der Waals surface area contributed by atoms with Crippen molar-refractivity contribution in [1.82, 2.24) is 9.97 Å². The Morgan fingerprint density at radius 2 is 2.27 bits per heavy atom. The van der Waals surface area contributed by atoms with Gasteiger partial charge in [0.2, 0.25) is 5.28 Å². The molecule has 1 N–H and O–H groups in total. The van der Waals surface area contributed by atoms with Gasteiger partial charge in [0.1, 0.15) is 5.82 Å². The van der Waals surface area contributed by atoms with Gasteiger partial charge in [-0.15, -0.1) is 0 Å². The first-order valence-corrected chi connectivity index (χ1v) is 5.52. The van der Waals surface area contributed by atoms with E-state index in [2.05, 4.69) is 15.3 Å². The van der Waals surface area contributed by atoms with Gasteiger partial charge in [-0.25, -0.2) is 9.97 Å². The summed E-state index contributed by atoms with van der Waals surface area (Å²) in [7, 11) is 0. The van der Waals surface area contributed by atoms with Crippen molar-refractivity contribution in [3.63, 3.8) is 0 Å². The van der Waals surface area contributed by atoms with Crippen LogP contribution in [0.4, 0.5) is 5.82 Å². The smallest absolute Gasteiger partial charge is 0.224 e. The van der Waals surface area contributed by atoms with Crippen molar-refractivity contribution in [1.29, 1.82) is 0 Å². The van der Waals surface area contributed by atoms with Crippen molar-refractivity contribution >= 4 is 17.4 Å². The second-order valence-electron chi connectivity index (χ2n) is 4.12. The Bertz CT molecular complexity index is 363. The maximum atomic E-state index is 5.69. The van der Waals surface area contributed by atoms with E-state index in [9.17, 15) is 0 Å². The van der Waals surface area contributed by atoms with Crippen LogP contribution >= 0.6 is 11.6 Å². The number of aromatic nitrogens is 2. The van der Waals surface area contributed by atoms with Crippen molar-refractivity contribution in [3.8, 4) is 0 Å². The Kier molecular flexibility index (Phi) is 2.25. The summed E-state index contributed by atoms with van der Waals surface area (Å²) >= 11 is 5.69. The van der Waals surface area contributed by atoms with Gasteiger partial charge in [0.05, 0.1) is 13.2 Å². The van der Waals surface area contributed by atoms with Crippen molar-refractivity contribution < 1.29 is 4.74 Å². The van der Waals surface area contributed by atoms with Crippen LogP contribution < -0.4 is 5.32 Å². The molecular weight excluding hydrogens is 214 g/mol. The molecule has 1 aliphatic heterocycles. The third-order valence-corrected chi connectivity index (χ3v) is 3.46. The number of anilines is 1. The zero-order valence-electron chi connectivity index (χ0n) is 8.19. The highest BCUT2D eigenvalue weighted by Gasteiger charge is 2.53. The third-order valence-electron chi connectivity index (χ3n) is 3.27. The average molecular weight is 226 g/mol. The molecule has 1 saturated carbocycles. The van der Waals surface area contributed by atoms with Crippen LogP contribution in [0.3, 0.4) is 0 Å². The van der Waals surface area contributed by atoms with Gasteiger partial charge >= 0.3 is 0 Å². The van der Waals surface area contributed by atoms with E-state index in [0.717, 1.165) is 43.3 Å². The first-order chi connectivity index (χ1) is 7.34. The lowest BCUT2D eigenvalue weighted by atomic mass is 10.3. The number of fused-ring (bicyclic) bond motifs is 1. The monoisotopic (exact) mass is 225 g/mol. The lowest BCUT2D eigenvalue weighted by Gasteiger charge is -2.06. The van der Waals surface area contributed by atoms with E-state index in [1.165, 1.54) is 0 Å². The van der Waals surface area contributed by atoms with Gasteiger partial charge in [-0.3, -0.25) is 0 Å². The van der Waals surface area contributed by atoms with Gasteiger partial charge in [0.15, 0.2) is 0 Å². The molecule has 1 aromatic rings. The number of hydrogen-bond donors (Lipinski definition) is 1. The van der Waals surface area contributed by atoms with Gasteiger partial charge in [-0.05, 0) is 35.4 Å². The van der Waals surface area contributed by atoms with Gasteiger partial charge in [0, 0.05) is 12.7 Å². The molecule has 0 bridgehead atoms. The first kappa shape index (κ1) is 9.36. The Morgan fingerprint density at radius 3 is 3.00 bits per heavy atom. The van der Waals surface area contributed by atoms with Crippen LogP contribution in [0.15, 0.2) is 12.3 Å². The highest BCUT2D eigenvalue weighted by molar-refractivity contribution is 6.28. The van der Waals surface area contributed by atoms with Crippen molar-refractivity contribution in [2.45, 2.75) is 0 Å². The predicted molar refractivity (Wildman–Crippen MR) is 56.8 cm³/mol. The fourth-order valence-electron chi connectivity index (χ4n) is 2.32. The van der Waals surface area contributed by atoms with Gasteiger partial charge in [-0.1, -0.05) is 0 Å². The number of rotatable bonds is 3. The number of halogens is 1. The molecule has 2 atom stereocenters. The standard InChI is InChI=1S/C10H12ClN3O/c11-10-12-2-1-9(14-10)13-3-6-7-4-15-5-8(6)7/h1-2,6-8H,3-5H2,(H,12,13,14). The van der Waals surface area contributed by atoms with Gasteiger partial charge in [0.25, 0.3) is 0 Å². The molecule has 0 amide bonds. The fourth-order valence-corrected chi connectivity index (χ4v) is 2.46. The molecule has 2 heterocycles. The lowest BCUT2D eigenvalue weighted by Crippen LogP contribution is -2.11. The molecule has 1 aliphatic carbocycles. The molecule has 0 spiro atoms. The largest absolute Gasteiger partial charge is 0.381 e. The molecule has 1 saturated heterocycles. The Balaban J connectivity index is 1.54. The van der Waals surface area contributed by atoms with Crippen LogP contribution in [0.2, 0.25) is 5.28 Å². The minimum atomic E-state index is 0.291. The summed E-state index contributed by atoms with van der Waals surface area (Å²) in [5.41, 5.74) is 0. The zero-order valence-corrected chi connectivity index (χ0v) is 8.94. The molecule has 2 fully saturated rings. The van der Waals surface area contributed by atoms with Crippen LogP contribution in [0.25, 0.3) is 0 Å². The Labute approximate surface area is 93.0 Å². The van der Waals surface area contributed by atoms with Crippen LogP contribution in [0.1, 0.15) is 0 Å². The lowest BCUT2D eigenvalue weighted by molar-refractivity contribution is 0.153. The number of hydrogen-bond acceptors (Lipinski definition) is 4. The van der Waals surface area contributed by atoms with E-state index in [1.54, 1.807) is 6.20 Å². The summed E-state index contributed by atoms with van der Waals surface area (Å²) in [5, 5.41) is 3.58. The molecule has 2 unspecified atom stereocenters. The second-order valence-corrected chi connectivity index (χ2v) is 4.46. The van der Waals surface area contributed by atoms with E-state index in [1.807, 2.05) is 6.07 Å². The van der Waals surface area contributed by atoms with Crippen LogP contribution in [0.5, 0.6) is 0 Å². The summed E-state index contributed by atoms with van der Waals surface area (Å²) in [6.45, 7) is 2.83. The third kappa shape index (κ3) is 1.79. The number of nitrogens with zero attached hydrogens (tertiary/aromatic N) is 2. The summed E-state index contributed by atoms with van der Waals surface area (Å²) in [4.78, 5) is 7.91. The van der Waals surface area contributed by atoms with E-state index in [4.69, 9.17) is 16.3 Å². The van der Waals surface area contributed by atoms with Gasteiger partial charge < -0.3 is 10.1 Å². The van der Waals surface area contributed by atoms with E-state index in [-0.39, 0.29) is 0 Å². The highest BCUT2D eigenvalue weighted by atomic mass is 35.5. The summed E-state index contributed by atoms with van der Waals surface area (Å²) in [6.07, 6.45) is 1.66. The van der Waals surface area contributed by atoms with Gasteiger partial charge in [-0.2, -0.15) is 0 Å². The Hall–Kier alpha value is -0.870. The summed E-state index contributed by atoms with van der Waals surface area (Å²) < 4.78 is 5.33. The average Bonchev–Trinajstić information content (AvgIpc) is 2.69. The molecule has 80 valence electrons. The maximum Gasteiger partial charge on any atom is 0.224 e. The SMILES string of the molecule is Clc1nccc(NCC2C3COCC23)n1. The molecule has 2 aliphatic rings. The first-order valence-electron chi connectivity index (χ1n) is 5.15. The van der Waals surface area contributed by atoms with Crippen molar-refractivity contribution in [3.05, 3.63) is 17.5 Å². The molecule has 3 rings (SSSR count). The minimum Gasteiger partial charge on any atom is -0.381 e. The Morgan fingerprint density at radius 1 is 1.47 bits per heavy atom. The second kappa shape index (κ2) is 3.61. The summed E-state index contributed by atoms with van der Waals surface area (Å²) in [6, 6.07) is 1.83. The molecular formula is C10H12ClN3O. The normalized spacial score (nSPS) is 32.5. The molecule has 0 radical (unpaired) electrons. The molecule has 4 nitrogen and oxygen atoms in total. The van der Waals surface area contributed by atoms with E-state index < -0.39 is 0 Å². The van der Waals surface area contributed by atoms with E-state index >= 15 is 0 Å². The molecule has 1 aromatic heterocycles. The molecule has 0 aromatic carbocycles. The minimum absolute atomic E-state index is 0.291. The number of ether oxygens (including phenoxy) is 1. The fraction of sp³-hybridized carbons (Fsp3) is 0.600. The quantitative estimate of drug-likeness (QED) is 0.791. The summed E-state index contributed by atoms with van der Waals surface area (Å²) in [5.74, 6) is 3.11. The zero-order chi connectivity index (χ0) is 10.3. The van der Waals surface area contributed by atoms with Crippen molar-refractivity contribution in [2.24, 2.45) is 17.8 Å². The topological polar surface area (TPSA) is 47.0 Å². The van der Waals surface area contributed by atoms with Crippen molar-refractivity contribution in [2.75, 3.05) is 25.1 Å². The number of nitrogens with one attached hydrogen (secondary N) is 1. The maximum absolute atomic E-state index is 5.69. The van der Waals surface area contributed by atoms with Crippen LogP contribution in [-0.4, -0.2) is 29.7 Å². The molecule has 15 heavy (non-hydrogen) atoms. The van der Waals surface area contributed by atoms with E-state index in [0.29, 0.717) is 5.28 Å². The molecule has 5 heteroatoms. The predicted octanol–water partition coefficient (Wildman–Crippen LogP) is 1.43. The van der Waals surface area contributed by atoms with Crippen LogP contribution in [-0.2, 0) is 4.74 Å².